The smallest absolute Gasteiger partial charge is 0.416 e. The van der Waals surface area contributed by atoms with Gasteiger partial charge in [0.2, 0.25) is 5.91 Å². The first-order valence-electron chi connectivity index (χ1n) is 9.03. The van der Waals surface area contributed by atoms with E-state index in [2.05, 4.69) is 0 Å². The molecule has 0 N–H and O–H groups in total. The number of nitriles is 1. The molecule has 0 saturated carbocycles. The molecule has 0 unspecified atom stereocenters. The van der Waals surface area contributed by atoms with E-state index in [-0.39, 0.29) is 24.0 Å². The number of hydrogen-bond donors (Lipinski definition) is 0. The van der Waals surface area contributed by atoms with Crippen LogP contribution < -0.4 is 14.4 Å². The maximum absolute atomic E-state index is 12.5. The van der Waals surface area contributed by atoms with Crippen molar-refractivity contribution in [2.75, 3.05) is 25.7 Å². The van der Waals surface area contributed by atoms with Crippen LogP contribution in [0.5, 0.6) is 11.5 Å². The summed E-state index contributed by atoms with van der Waals surface area (Å²) in [6, 6.07) is 11.9. The fraction of sp³-hybridized carbons (Fsp3) is 0.286. The van der Waals surface area contributed by atoms with Crippen LogP contribution in [0.4, 0.5) is 10.5 Å². The predicted molar refractivity (Wildman–Crippen MR) is 110 cm³/mol. The molecule has 1 aliphatic rings. The fourth-order valence-electron chi connectivity index (χ4n) is 3.17. The van der Waals surface area contributed by atoms with E-state index in [1.165, 1.54) is 36.0 Å². The summed E-state index contributed by atoms with van der Waals surface area (Å²) in [6.07, 6.45) is -1.40. The number of nitrogens with zero attached hydrogens (tertiary/aromatic N) is 3. The SMILES string of the molecule is COc1ccc(CN(C(C)=O)[C@H]2CN(c3ccc(C#N)c(Cl)c3)C(=O)O2)c(OC)c1. The third-order valence-electron chi connectivity index (χ3n) is 4.77. The number of benzene rings is 2. The monoisotopic (exact) mass is 429 g/mol. The molecule has 0 bridgehead atoms. The van der Waals surface area contributed by atoms with Gasteiger partial charge in [0.15, 0.2) is 6.23 Å². The minimum Gasteiger partial charge on any atom is -0.497 e. The lowest BCUT2D eigenvalue weighted by Gasteiger charge is -2.26. The van der Waals surface area contributed by atoms with Crippen molar-refractivity contribution in [2.24, 2.45) is 0 Å². The van der Waals surface area contributed by atoms with E-state index >= 15 is 0 Å². The number of anilines is 1. The third-order valence-corrected chi connectivity index (χ3v) is 5.08. The van der Waals surface area contributed by atoms with Crippen molar-refractivity contribution in [1.29, 1.82) is 5.26 Å². The van der Waals surface area contributed by atoms with Crippen LogP contribution in [-0.4, -0.2) is 43.9 Å². The molecular weight excluding hydrogens is 410 g/mol. The van der Waals surface area contributed by atoms with Crippen LogP contribution in [0, 0.1) is 11.3 Å². The predicted octanol–water partition coefficient (Wildman–Crippen LogP) is 3.56. The Labute approximate surface area is 179 Å². The normalized spacial score (nSPS) is 15.4. The Hall–Kier alpha value is -3.44. The lowest BCUT2D eigenvalue weighted by Crippen LogP contribution is -2.41. The molecule has 0 spiro atoms. The molecule has 0 aliphatic carbocycles. The van der Waals surface area contributed by atoms with Gasteiger partial charge in [-0.2, -0.15) is 5.26 Å². The third kappa shape index (κ3) is 4.26. The largest absolute Gasteiger partial charge is 0.497 e. The molecular formula is C21H20ClN3O5. The molecule has 0 aromatic heterocycles. The zero-order valence-corrected chi connectivity index (χ0v) is 17.5. The van der Waals surface area contributed by atoms with Crippen molar-refractivity contribution in [2.45, 2.75) is 19.7 Å². The molecule has 1 aliphatic heterocycles. The zero-order valence-electron chi connectivity index (χ0n) is 16.7. The van der Waals surface area contributed by atoms with Gasteiger partial charge in [-0.15, -0.1) is 0 Å². The van der Waals surface area contributed by atoms with Crippen LogP contribution in [-0.2, 0) is 16.1 Å². The fourth-order valence-corrected chi connectivity index (χ4v) is 3.38. The number of ether oxygens (including phenoxy) is 3. The average molecular weight is 430 g/mol. The van der Waals surface area contributed by atoms with Crippen LogP contribution >= 0.6 is 11.6 Å². The highest BCUT2D eigenvalue weighted by Gasteiger charge is 2.37. The van der Waals surface area contributed by atoms with Gasteiger partial charge in [-0.3, -0.25) is 9.69 Å². The first-order valence-corrected chi connectivity index (χ1v) is 9.41. The van der Waals surface area contributed by atoms with E-state index in [9.17, 15) is 9.59 Å². The second-order valence-electron chi connectivity index (χ2n) is 6.55. The Morgan fingerprint density at radius 2 is 2.07 bits per heavy atom. The Bertz CT molecular complexity index is 1020. The minimum absolute atomic E-state index is 0.124. The van der Waals surface area contributed by atoms with Gasteiger partial charge in [-0.1, -0.05) is 11.6 Å². The second kappa shape index (κ2) is 8.93. The summed E-state index contributed by atoms with van der Waals surface area (Å²) >= 11 is 6.08. The van der Waals surface area contributed by atoms with Crippen molar-refractivity contribution in [3.8, 4) is 17.6 Å². The van der Waals surface area contributed by atoms with Crippen LogP contribution in [0.15, 0.2) is 36.4 Å². The molecule has 3 rings (SSSR count). The highest BCUT2D eigenvalue weighted by molar-refractivity contribution is 6.32. The number of rotatable bonds is 6. The Morgan fingerprint density at radius 3 is 2.67 bits per heavy atom. The van der Waals surface area contributed by atoms with Gasteiger partial charge >= 0.3 is 6.09 Å². The Balaban J connectivity index is 1.83. The lowest BCUT2D eigenvalue weighted by atomic mass is 10.1. The van der Waals surface area contributed by atoms with Gasteiger partial charge < -0.3 is 19.1 Å². The van der Waals surface area contributed by atoms with E-state index < -0.39 is 12.3 Å². The molecule has 1 heterocycles. The summed E-state index contributed by atoms with van der Waals surface area (Å²) in [4.78, 5) is 27.6. The summed E-state index contributed by atoms with van der Waals surface area (Å²) in [7, 11) is 3.08. The van der Waals surface area contributed by atoms with E-state index in [1.54, 1.807) is 31.4 Å². The summed E-state index contributed by atoms with van der Waals surface area (Å²) < 4.78 is 16.1. The number of cyclic esters (lactones) is 1. The second-order valence-corrected chi connectivity index (χ2v) is 6.96. The Morgan fingerprint density at radius 1 is 1.30 bits per heavy atom. The minimum atomic E-state index is -0.795. The van der Waals surface area contributed by atoms with Gasteiger partial charge in [0.25, 0.3) is 0 Å². The molecule has 2 aromatic carbocycles. The van der Waals surface area contributed by atoms with Crippen LogP contribution in [0.1, 0.15) is 18.1 Å². The van der Waals surface area contributed by atoms with Gasteiger partial charge in [0, 0.05) is 24.2 Å². The van der Waals surface area contributed by atoms with Crippen molar-refractivity contribution in [1.82, 2.24) is 4.90 Å². The van der Waals surface area contributed by atoms with Crippen LogP contribution in [0.3, 0.4) is 0 Å². The molecule has 1 fully saturated rings. The molecule has 2 amide bonds. The van der Waals surface area contributed by atoms with Crippen LogP contribution in [0.25, 0.3) is 0 Å². The summed E-state index contributed by atoms with van der Waals surface area (Å²) in [5, 5.41) is 9.25. The quantitative estimate of drug-likeness (QED) is 0.697. The molecule has 30 heavy (non-hydrogen) atoms. The molecule has 8 nitrogen and oxygen atoms in total. The summed E-state index contributed by atoms with van der Waals surface area (Å²) in [5.41, 5.74) is 1.53. The number of amides is 2. The van der Waals surface area contributed by atoms with E-state index in [4.69, 9.17) is 31.1 Å². The van der Waals surface area contributed by atoms with Crippen molar-refractivity contribution >= 4 is 29.3 Å². The average Bonchev–Trinajstić information content (AvgIpc) is 3.12. The highest BCUT2D eigenvalue weighted by atomic mass is 35.5. The topological polar surface area (TPSA) is 92.1 Å². The van der Waals surface area contributed by atoms with Gasteiger partial charge in [0.1, 0.15) is 17.6 Å². The van der Waals surface area contributed by atoms with Crippen molar-refractivity contribution in [3.63, 3.8) is 0 Å². The maximum Gasteiger partial charge on any atom is 0.416 e. The zero-order chi connectivity index (χ0) is 21.8. The molecule has 156 valence electrons. The van der Waals surface area contributed by atoms with E-state index in [0.717, 1.165) is 5.56 Å². The van der Waals surface area contributed by atoms with Crippen molar-refractivity contribution in [3.05, 3.63) is 52.5 Å². The molecule has 1 atom stereocenters. The number of carbonyl (C=O) groups excluding carboxylic acids is 2. The highest BCUT2D eigenvalue weighted by Crippen LogP contribution is 2.30. The number of carbonyl (C=O) groups is 2. The number of methoxy groups -OCH3 is 2. The lowest BCUT2D eigenvalue weighted by molar-refractivity contribution is -0.137. The Kier molecular flexibility index (Phi) is 6.33. The van der Waals surface area contributed by atoms with E-state index in [1.807, 2.05) is 6.07 Å². The van der Waals surface area contributed by atoms with Crippen molar-refractivity contribution < 1.29 is 23.8 Å². The number of hydrogen-bond acceptors (Lipinski definition) is 6. The van der Waals surface area contributed by atoms with Gasteiger partial charge in [-0.25, -0.2) is 4.79 Å². The van der Waals surface area contributed by atoms with Crippen LogP contribution in [0.2, 0.25) is 5.02 Å². The van der Waals surface area contributed by atoms with Gasteiger partial charge in [0.05, 0.1) is 37.9 Å². The number of halogens is 1. The molecule has 9 heteroatoms. The molecule has 1 saturated heterocycles. The standard InChI is InChI=1S/C21H20ClN3O5/c1-13(26)24(11-15-5-7-17(28-2)9-19(15)29-3)20-12-25(21(27)30-20)16-6-4-14(10-23)18(22)8-16/h4-9,20H,11-12H2,1-3H3/t20-/m1/s1. The van der Waals surface area contributed by atoms with E-state index in [0.29, 0.717) is 22.7 Å². The molecule has 0 radical (unpaired) electrons. The first-order chi connectivity index (χ1) is 14.4. The first kappa shape index (κ1) is 21.3. The maximum atomic E-state index is 12.5. The summed E-state index contributed by atoms with van der Waals surface area (Å²) in [5.74, 6) is 0.923. The van der Waals surface area contributed by atoms with Gasteiger partial charge in [-0.05, 0) is 30.3 Å². The molecule has 2 aromatic rings. The summed E-state index contributed by atoms with van der Waals surface area (Å²) in [6.45, 7) is 1.71.